The van der Waals surface area contributed by atoms with Crippen LogP contribution < -0.4 is 0 Å². The first kappa shape index (κ1) is 12.3. The highest BCUT2D eigenvalue weighted by atomic mass is 35.7. The van der Waals surface area contributed by atoms with Crippen molar-refractivity contribution in [2.24, 2.45) is 0 Å². The summed E-state index contributed by atoms with van der Waals surface area (Å²) >= 11 is 5.78. The van der Waals surface area contributed by atoms with Crippen LogP contribution in [0.5, 0.6) is 0 Å². The lowest BCUT2D eigenvalue weighted by atomic mass is 10.5. The van der Waals surface area contributed by atoms with E-state index in [0.29, 0.717) is 0 Å². The van der Waals surface area contributed by atoms with Gasteiger partial charge < -0.3 is 0 Å². The van der Waals surface area contributed by atoms with Crippen molar-refractivity contribution in [3.05, 3.63) is 10.8 Å². The number of aryl methyl sites for hydroxylation is 2. The molecule has 15 heavy (non-hydrogen) atoms. The predicted molar refractivity (Wildman–Crippen MR) is 55.2 cm³/mol. The highest BCUT2D eigenvalue weighted by Gasteiger charge is 2.23. The molecule has 0 saturated carbocycles. The van der Waals surface area contributed by atoms with Gasteiger partial charge in [0.25, 0.3) is 9.05 Å². The van der Waals surface area contributed by atoms with E-state index in [1.54, 1.807) is 0 Å². The fourth-order valence-electron chi connectivity index (χ4n) is 1.12. The Labute approximate surface area is 96.6 Å². The van der Waals surface area contributed by atoms with Gasteiger partial charge in [-0.2, -0.15) is 10.4 Å². The first-order valence-electron chi connectivity index (χ1n) is 3.92. The summed E-state index contributed by atoms with van der Waals surface area (Å²) < 4.78 is 23.5. The van der Waals surface area contributed by atoms with Gasteiger partial charge in [-0.15, -0.1) is 0 Å². The van der Waals surface area contributed by atoms with E-state index in [-0.39, 0.29) is 28.7 Å². The molecule has 1 heterocycles. The van der Waals surface area contributed by atoms with E-state index in [2.05, 4.69) is 5.10 Å². The molecule has 5 nitrogen and oxygen atoms in total. The Morgan fingerprint density at radius 2 is 2.20 bits per heavy atom. The second-order valence-electron chi connectivity index (χ2n) is 2.77. The second-order valence-corrected chi connectivity index (χ2v) is 5.64. The molecule has 1 aromatic heterocycles. The first-order chi connectivity index (χ1) is 6.88. The molecule has 0 aliphatic heterocycles. The van der Waals surface area contributed by atoms with Crippen LogP contribution in [0.1, 0.15) is 12.1 Å². The molecule has 1 rings (SSSR count). The van der Waals surface area contributed by atoms with E-state index in [1.807, 2.05) is 6.07 Å². The molecule has 82 valence electrons. The number of halogens is 2. The molecule has 0 aliphatic carbocycles. The van der Waals surface area contributed by atoms with E-state index in [0.717, 1.165) is 0 Å². The van der Waals surface area contributed by atoms with Gasteiger partial charge in [-0.25, -0.2) is 8.42 Å². The number of nitriles is 1. The van der Waals surface area contributed by atoms with Crippen molar-refractivity contribution in [2.45, 2.75) is 24.8 Å². The Balaban J connectivity index is 3.23. The summed E-state index contributed by atoms with van der Waals surface area (Å²) in [6, 6.07) is 1.91. The fourth-order valence-corrected chi connectivity index (χ4v) is 3.05. The van der Waals surface area contributed by atoms with E-state index in [9.17, 15) is 8.42 Å². The molecule has 8 heteroatoms. The Kier molecular flexibility index (Phi) is 3.60. The minimum atomic E-state index is -3.89. The second kappa shape index (κ2) is 4.39. The molecular formula is C7H7Cl2N3O2S. The van der Waals surface area contributed by atoms with Crippen molar-refractivity contribution in [3.63, 3.8) is 0 Å². The van der Waals surface area contributed by atoms with Crippen LogP contribution >= 0.6 is 22.3 Å². The van der Waals surface area contributed by atoms with Crippen molar-refractivity contribution in [2.75, 3.05) is 0 Å². The smallest absolute Gasteiger partial charge is 0.251 e. The monoisotopic (exact) mass is 267 g/mol. The van der Waals surface area contributed by atoms with Gasteiger partial charge in [0.1, 0.15) is 10.0 Å². The summed E-state index contributed by atoms with van der Waals surface area (Å²) in [7, 11) is 1.29. The molecule has 0 unspecified atom stereocenters. The molecule has 0 bridgehead atoms. The summed E-state index contributed by atoms with van der Waals surface area (Å²) in [5.41, 5.74) is 0.230. The lowest BCUT2D eigenvalue weighted by molar-refractivity contribution is 0.608. The SMILES string of the molecule is Cc1nn(CCC#N)c(Cl)c1S(=O)(=O)Cl. The van der Waals surface area contributed by atoms with Crippen molar-refractivity contribution in [3.8, 4) is 6.07 Å². The Morgan fingerprint density at radius 1 is 1.60 bits per heavy atom. The standard InChI is InChI=1S/C7H7Cl2N3O2S/c1-5-6(15(9,13)14)7(8)12(11-5)4-2-3-10/h2,4H2,1H3. The Morgan fingerprint density at radius 3 is 2.60 bits per heavy atom. The van der Waals surface area contributed by atoms with E-state index in [1.165, 1.54) is 11.6 Å². The lowest BCUT2D eigenvalue weighted by Gasteiger charge is -1.98. The molecule has 0 atom stereocenters. The maximum absolute atomic E-state index is 11.1. The van der Waals surface area contributed by atoms with Gasteiger partial charge >= 0.3 is 0 Å². The van der Waals surface area contributed by atoms with E-state index >= 15 is 0 Å². The number of hydrogen-bond acceptors (Lipinski definition) is 4. The zero-order chi connectivity index (χ0) is 11.6. The molecular weight excluding hydrogens is 261 g/mol. The van der Waals surface area contributed by atoms with Crippen LogP contribution in [0.15, 0.2) is 4.90 Å². The largest absolute Gasteiger partial charge is 0.266 e. The third-order valence-electron chi connectivity index (χ3n) is 1.69. The van der Waals surface area contributed by atoms with Gasteiger partial charge in [0, 0.05) is 10.7 Å². The number of hydrogen-bond donors (Lipinski definition) is 0. The topological polar surface area (TPSA) is 75.8 Å². The van der Waals surface area contributed by atoms with Crippen molar-refractivity contribution in [1.29, 1.82) is 5.26 Å². The summed E-state index contributed by atoms with van der Waals surface area (Å²) in [4.78, 5) is -0.191. The van der Waals surface area contributed by atoms with Gasteiger partial charge in [-0.05, 0) is 6.92 Å². The normalized spacial score (nSPS) is 11.3. The Bertz CT molecular complexity index is 515. The van der Waals surface area contributed by atoms with Gasteiger partial charge in [0.05, 0.1) is 24.7 Å². The highest BCUT2D eigenvalue weighted by molar-refractivity contribution is 8.13. The Hall–Kier alpha value is -0.770. The van der Waals surface area contributed by atoms with Crippen molar-refractivity contribution >= 4 is 31.3 Å². The molecule has 0 aliphatic rings. The van der Waals surface area contributed by atoms with Crippen LogP contribution in [0, 0.1) is 18.3 Å². The highest BCUT2D eigenvalue weighted by Crippen LogP contribution is 2.27. The third kappa shape index (κ3) is 2.62. The zero-order valence-electron chi connectivity index (χ0n) is 7.74. The maximum Gasteiger partial charge on any atom is 0.266 e. The summed E-state index contributed by atoms with van der Waals surface area (Å²) in [5.74, 6) is 0. The molecule has 0 aromatic carbocycles. The van der Waals surface area contributed by atoms with Crippen LogP contribution in [0.25, 0.3) is 0 Å². The fraction of sp³-hybridized carbons (Fsp3) is 0.429. The lowest BCUT2D eigenvalue weighted by Crippen LogP contribution is -1.99. The van der Waals surface area contributed by atoms with Crippen LogP contribution in [0.3, 0.4) is 0 Å². The molecule has 1 aromatic rings. The molecule has 0 amide bonds. The minimum absolute atomic E-state index is 0.0576. The number of aromatic nitrogens is 2. The summed E-state index contributed by atoms with van der Waals surface area (Å²) in [6.45, 7) is 1.73. The predicted octanol–water partition coefficient (Wildman–Crippen LogP) is 1.69. The number of rotatable bonds is 3. The molecule has 0 fully saturated rings. The molecule has 0 N–H and O–H groups in total. The summed E-state index contributed by atoms with van der Waals surface area (Å²) in [5, 5.41) is 12.2. The first-order valence-corrected chi connectivity index (χ1v) is 6.61. The van der Waals surface area contributed by atoms with Crippen LogP contribution in [-0.2, 0) is 15.6 Å². The molecule has 0 saturated heterocycles. The number of nitrogens with zero attached hydrogens (tertiary/aromatic N) is 3. The van der Waals surface area contributed by atoms with E-state index < -0.39 is 9.05 Å². The van der Waals surface area contributed by atoms with Crippen LogP contribution in [0.2, 0.25) is 5.15 Å². The molecule has 0 spiro atoms. The average Bonchev–Trinajstić information content (AvgIpc) is 2.36. The zero-order valence-corrected chi connectivity index (χ0v) is 10.1. The van der Waals surface area contributed by atoms with Gasteiger partial charge in [-0.1, -0.05) is 11.6 Å². The van der Waals surface area contributed by atoms with Crippen LogP contribution in [-0.4, -0.2) is 18.2 Å². The van der Waals surface area contributed by atoms with Gasteiger partial charge in [0.2, 0.25) is 0 Å². The summed E-state index contributed by atoms with van der Waals surface area (Å²) in [6.07, 6.45) is 0.197. The quantitative estimate of drug-likeness (QED) is 0.781. The van der Waals surface area contributed by atoms with E-state index in [4.69, 9.17) is 27.5 Å². The maximum atomic E-state index is 11.1. The third-order valence-corrected chi connectivity index (χ3v) is 3.63. The van der Waals surface area contributed by atoms with Gasteiger partial charge in [0.15, 0.2) is 0 Å². The van der Waals surface area contributed by atoms with Crippen LogP contribution in [0.4, 0.5) is 0 Å². The minimum Gasteiger partial charge on any atom is -0.251 e. The van der Waals surface area contributed by atoms with Gasteiger partial charge in [-0.3, -0.25) is 4.68 Å². The van der Waals surface area contributed by atoms with Crippen molar-refractivity contribution < 1.29 is 8.42 Å². The average molecular weight is 268 g/mol. The van der Waals surface area contributed by atoms with Crippen molar-refractivity contribution in [1.82, 2.24) is 9.78 Å². The molecule has 0 radical (unpaired) electrons.